The van der Waals surface area contributed by atoms with Crippen molar-refractivity contribution in [3.63, 3.8) is 0 Å². The van der Waals surface area contributed by atoms with Crippen molar-refractivity contribution in [2.24, 2.45) is 0 Å². The van der Waals surface area contributed by atoms with E-state index in [9.17, 15) is 0 Å². The van der Waals surface area contributed by atoms with Gasteiger partial charge in [-0.3, -0.25) is 0 Å². The van der Waals surface area contributed by atoms with Crippen molar-refractivity contribution in [3.05, 3.63) is 30.5 Å². The average Bonchev–Trinajstić information content (AvgIpc) is 2.51. The molecule has 2 rings (SSSR count). The molecule has 0 aliphatic heterocycles. The lowest BCUT2D eigenvalue weighted by Gasteiger charge is -2.00. The van der Waals surface area contributed by atoms with Crippen LogP contribution in [0.2, 0.25) is 0 Å². The van der Waals surface area contributed by atoms with E-state index < -0.39 is 0 Å². The molecule has 1 radical (unpaired) electrons. The van der Waals surface area contributed by atoms with E-state index in [1.807, 2.05) is 31.2 Å². The molecular formula is C10H9O2. The lowest BCUT2D eigenvalue weighted by molar-refractivity contribution is 0.340. The molecule has 1 aromatic heterocycles. The minimum Gasteiger partial charge on any atom is -0.494 e. The highest BCUT2D eigenvalue weighted by molar-refractivity contribution is 5.78. The molecule has 2 aromatic rings. The van der Waals surface area contributed by atoms with E-state index in [1.165, 1.54) is 0 Å². The van der Waals surface area contributed by atoms with Gasteiger partial charge < -0.3 is 9.15 Å². The molecule has 2 nitrogen and oxygen atoms in total. The number of furan rings is 1. The molecule has 0 atom stereocenters. The highest BCUT2D eigenvalue weighted by Crippen LogP contribution is 2.20. The van der Waals surface area contributed by atoms with E-state index in [2.05, 4.69) is 6.26 Å². The summed E-state index contributed by atoms with van der Waals surface area (Å²) >= 11 is 0. The maximum atomic E-state index is 5.31. The lowest BCUT2D eigenvalue weighted by Crippen LogP contribution is -1.89. The fourth-order valence-electron chi connectivity index (χ4n) is 1.14. The fourth-order valence-corrected chi connectivity index (χ4v) is 1.14. The molecule has 0 N–H and O–H groups in total. The molecule has 61 valence electrons. The summed E-state index contributed by atoms with van der Waals surface area (Å²) in [6.07, 6.45) is 2.68. The van der Waals surface area contributed by atoms with Gasteiger partial charge in [-0.2, -0.15) is 0 Å². The van der Waals surface area contributed by atoms with Crippen molar-refractivity contribution in [1.82, 2.24) is 0 Å². The van der Waals surface area contributed by atoms with Gasteiger partial charge in [0.25, 0.3) is 0 Å². The summed E-state index contributed by atoms with van der Waals surface area (Å²) in [7, 11) is 0. The lowest BCUT2D eigenvalue weighted by atomic mass is 10.2. The monoisotopic (exact) mass is 161 g/mol. The van der Waals surface area contributed by atoms with Crippen LogP contribution in [0.25, 0.3) is 11.0 Å². The van der Waals surface area contributed by atoms with Crippen LogP contribution in [-0.2, 0) is 0 Å². The SMILES string of the molecule is CCOc1ccc2c[c]oc2c1. The highest BCUT2D eigenvalue weighted by atomic mass is 16.5. The first kappa shape index (κ1) is 7.22. The second kappa shape index (κ2) is 2.89. The molecule has 0 saturated carbocycles. The van der Waals surface area contributed by atoms with Crippen molar-refractivity contribution in [2.45, 2.75) is 6.92 Å². The third kappa shape index (κ3) is 1.16. The topological polar surface area (TPSA) is 22.4 Å². The summed E-state index contributed by atoms with van der Waals surface area (Å²) in [5.74, 6) is 0.841. The molecule has 0 fully saturated rings. The summed E-state index contributed by atoms with van der Waals surface area (Å²) in [5, 5.41) is 1.05. The van der Waals surface area contributed by atoms with Gasteiger partial charge in [0.2, 0.25) is 0 Å². The Balaban J connectivity index is 2.46. The molecule has 12 heavy (non-hydrogen) atoms. The van der Waals surface area contributed by atoms with Gasteiger partial charge in [-0.25, -0.2) is 0 Å². The van der Waals surface area contributed by atoms with Crippen LogP contribution in [0.15, 0.2) is 28.7 Å². The maximum Gasteiger partial charge on any atom is 0.170 e. The van der Waals surface area contributed by atoms with Crippen LogP contribution < -0.4 is 4.74 Å². The number of benzene rings is 1. The van der Waals surface area contributed by atoms with E-state index in [0.29, 0.717) is 6.61 Å². The molecule has 0 unspecified atom stereocenters. The molecule has 0 spiro atoms. The van der Waals surface area contributed by atoms with Crippen molar-refractivity contribution in [1.29, 1.82) is 0 Å². The van der Waals surface area contributed by atoms with E-state index in [4.69, 9.17) is 9.15 Å². The Kier molecular flexibility index (Phi) is 1.74. The fraction of sp³-hybridized carbons (Fsp3) is 0.200. The van der Waals surface area contributed by atoms with Crippen LogP contribution >= 0.6 is 0 Å². The summed E-state index contributed by atoms with van der Waals surface area (Å²) in [5.41, 5.74) is 0.820. The van der Waals surface area contributed by atoms with E-state index in [0.717, 1.165) is 16.7 Å². The largest absolute Gasteiger partial charge is 0.494 e. The summed E-state index contributed by atoms with van der Waals surface area (Å²) in [6.45, 7) is 2.63. The van der Waals surface area contributed by atoms with E-state index in [1.54, 1.807) is 0 Å². The zero-order valence-electron chi connectivity index (χ0n) is 6.83. The second-order valence-corrected chi connectivity index (χ2v) is 2.50. The van der Waals surface area contributed by atoms with Gasteiger partial charge in [0.1, 0.15) is 11.3 Å². The number of rotatable bonds is 2. The third-order valence-corrected chi connectivity index (χ3v) is 1.68. The minimum atomic E-state index is 0.677. The van der Waals surface area contributed by atoms with Crippen molar-refractivity contribution in [2.75, 3.05) is 6.61 Å². The van der Waals surface area contributed by atoms with Gasteiger partial charge in [-0.05, 0) is 25.1 Å². The third-order valence-electron chi connectivity index (χ3n) is 1.68. The number of ether oxygens (including phenoxy) is 1. The van der Waals surface area contributed by atoms with Crippen LogP contribution in [0.5, 0.6) is 5.75 Å². The molecule has 0 bridgehead atoms. The van der Waals surface area contributed by atoms with Crippen LogP contribution in [0, 0.1) is 6.26 Å². The zero-order chi connectivity index (χ0) is 8.39. The Morgan fingerprint density at radius 3 is 3.25 bits per heavy atom. The maximum absolute atomic E-state index is 5.31. The molecule has 0 amide bonds. The average molecular weight is 161 g/mol. The first-order chi connectivity index (χ1) is 5.90. The van der Waals surface area contributed by atoms with Crippen molar-refractivity contribution in [3.8, 4) is 5.75 Å². The first-order valence-electron chi connectivity index (χ1n) is 3.92. The molecule has 0 saturated heterocycles. The van der Waals surface area contributed by atoms with Crippen molar-refractivity contribution < 1.29 is 9.15 Å². The first-order valence-corrected chi connectivity index (χ1v) is 3.92. The summed E-state index contributed by atoms with van der Waals surface area (Å²) < 4.78 is 10.4. The standard InChI is InChI=1S/C10H9O2/c1-2-11-9-4-3-8-5-6-12-10(8)7-9/h3-5,7H,2H2,1H3. The number of fused-ring (bicyclic) bond motifs is 1. The van der Waals surface area contributed by atoms with E-state index in [-0.39, 0.29) is 0 Å². The van der Waals surface area contributed by atoms with E-state index >= 15 is 0 Å². The predicted octanol–water partition coefficient (Wildman–Crippen LogP) is 2.63. The van der Waals surface area contributed by atoms with Gasteiger partial charge >= 0.3 is 0 Å². The zero-order valence-corrected chi connectivity index (χ0v) is 6.83. The van der Waals surface area contributed by atoms with Gasteiger partial charge in [-0.1, -0.05) is 0 Å². The molecular weight excluding hydrogens is 152 g/mol. The van der Waals surface area contributed by atoms with Crippen LogP contribution in [-0.4, -0.2) is 6.61 Å². The smallest absolute Gasteiger partial charge is 0.170 e. The normalized spacial score (nSPS) is 10.4. The predicted molar refractivity (Wildman–Crippen MR) is 46.2 cm³/mol. The Labute approximate surface area is 70.8 Å². The highest BCUT2D eigenvalue weighted by Gasteiger charge is 1.98. The van der Waals surface area contributed by atoms with Gasteiger partial charge in [0, 0.05) is 11.5 Å². The molecule has 1 heterocycles. The van der Waals surface area contributed by atoms with Gasteiger partial charge in [0.15, 0.2) is 6.26 Å². The Hall–Kier alpha value is -1.44. The Morgan fingerprint density at radius 2 is 2.42 bits per heavy atom. The number of hydrogen-bond acceptors (Lipinski definition) is 2. The molecule has 0 aliphatic rings. The Morgan fingerprint density at radius 1 is 1.50 bits per heavy atom. The van der Waals surface area contributed by atoms with Gasteiger partial charge in [-0.15, -0.1) is 0 Å². The van der Waals surface area contributed by atoms with Crippen LogP contribution in [0.1, 0.15) is 6.92 Å². The Bertz CT molecular complexity index is 376. The molecule has 0 aliphatic carbocycles. The number of hydrogen-bond donors (Lipinski definition) is 0. The summed E-state index contributed by atoms with van der Waals surface area (Å²) in [4.78, 5) is 0. The van der Waals surface area contributed by atoms with Crippen molar-refractivity contribution >= 4 is 11.0 Å². The quantitative estimate of drug-likeness (QED) is 0.675. The molecule has 1 aromatic carbocycles. The van der Waals surface area contributed by atoms with Crippen LogP contribution in [0.3, 0.4) is 0 Å². The minimum absolute atomic E-state index is 0.677. The van der Waals surface area contributed by atoms with Crippen LogP contribution in [0.4, 0.5) is 0 Å². The molecule has 2 heteroatoms. The second-order valence-electron chi connectivity index (χ2n) is 2.50. The van der Waals surface area contributed by atoms with Gasteiger partial charge in [0.05, 0.1) is 6.61 Å². The summed E-state index contributed by atoms with van der Waals surface area (Å²) in [6, 6.07) is 7.57.